The lowest BCUT2D eigenvalue weighted by Gasteiger charge is -2.07. The first-order valence-corrected chi connectivity index (χ1v) is 9.36. The predicted octanol–water partition coefficient (Wildman–Crippen LogP) is 1.99. The van der Waals surface area contributed by atoms with E-state index in [-0.39, 0.29) is 4.90 Å². The van der Waals surface area contributed by atoms with Crippen molar-refractivity contribution in [3.05, 3.63) is 11.4 Å². The lowest BCUT2D eigenvalue weighted by Crippen LogP contribution is -2.12. The molecule has 1 aromatic heterocycles. The van der Waals surface area contributed by atoms with Crippen molar-refractivity contribution in [1.29, 1.82) is 0 Å². The molecule has 1 rings (SSSR count). The Morgan fingerprint density at radius 1 is 1.19 bits per heavy atom. The minimum atomic E-state index is -3.78. The standard InChI is InChI=1S/C13H23ClN2O4S/c1-4-11-13(21(14,17)18)12(5-2)16(15-11)7-10-20-9-6-8-19-3/h4-10H2,1-3H3. The normalized spacial score (nSPS) is 12.0. The van der Waals surface area contributed by atoms with E-state index in [9.17, 15) is 8.42 Å². The van der Waals surface area contributed by atoms with E-state index in [1.54, 1.807) is 11.8 Å². The molecule has 0 bridgehead atoms. The van der Waals surface area contributed by atoms with Crippen molar-refractivity contribution in [2.45, 2.75) is 44.6 Å². The molecule has 0 saturated carbocycles. The van der Waals surface area contributed by atoms with Crippen molar-refractivity contribution in [3.63, 3.8) is 0 Å². The van der Waals surface area contributed by atoms with Crippen molar-refractivity contribution in [3.8, 4) is 0 Å². The Kier molecular flexibility index (Phi) is 7.65. The first-order chi connectivity index (χ1) is 9.95. The molecular formula is C13H23ClN2O4S. The van der Waals surface area contributed by atoms with Crippen LogP contribution in [-0.4, -0.2) is 45.1 Å². The van der Waals surface area contributed by atoms with E-state index in [0.717, 1.165) is 6.42 Å². The molecule has 0 spiro atoms. The SMILES string of the molecule is CCc1nn(CCOCCCOC)c(CC)c1S(=O)(=O)Cl. The highest BCUT2D eigenvalue weighted by Crippen LogP contribution is 2.25. The minimum Gasteiger partial charge on any atom is -0.385 e. The van der Waals surface area contributed by atoms with Gasteiger partial charge in [0.2, 0.25) is 0 Å². The highest BCUT2D eigenvalue weighted by molar-refractivity contribution is 8.13. The van der Waals surface area contributed by atoms with Crippen LogP contribution in [-0.2, 0) is 37.9 Å². The summed E-state index contributed by atoms with van der Waals surface area (Å²) < 4.78 is 35.5. The summed E-state index contributed by atoms with van der Waals surface area (Å²) in [6.45, 7) is 6.00. The van der Waals surface area contributed by atoms with Crippen molar-refractivity contribution in [2.75, 3.05) is 26.9 Å². The molecule has 1 aromatic rings. The Hall–Kier alpha value is -0.630. The summed E-state index contributed by atoms with van der Waals surface area (Å²) >= 11 is 0. The molecule has 0 aliphatic heterocycles. The monoisotopic (exact) mass is 338 g/mol. The maximum absolute atomic E-state index is 11.7. The number of hydrogen-bond donors (Lipinski definition) is 0. The molecule has 0 aliphatic rings. The van der Waals surface area contributed by atoms with Crippen LogP contribution in [0.15, 0.2) is 4.90 Å². The fourth-order valence-corrected chi connectivity index (χ4v) is 3.67. The molecule has 0 aliphatic carbocycles. The van der Waals surface area contributed by atoms with E-state index >= 15 is 0 Å². The van der Waals surface area contributed by atoms with Gasteiger partial charge in [-0.1, -0.05) is 13.8 Å². The zero-order valence-corrected chi connectivity index (χ0v) is 14.3. The first kappa shape index (κ1) is 18.4. The Morgan fingerprint density at radius 2 is 1.90 bits per heavy atom. The summed E-state index contributed by atoms with van der Waals surface area (Å²) in [5.41, 5.74) is 1.16. The first-order valence-electron chi connectivity index (χ1n) is 7.05. The number of nitrogens with zero attached hydrogens (tertiary/aromatic N) is 2. The Bertz CT molecular complexity index is 543. The molecule has 6 nitrogen and oxygen atoms in total. The summed E-state index contributed by atoms with van der Waals surface area (Å²) in [6, 6.07) is 0. The predicted molar refractivity (Wildman–Crippen MR) is 81.3 cm³/mol. The molecule has 0 unspecified atom stereocenters. The third-order valence-corrected chi connectivity index (χ3v) is 4.50. The Balaban J connectivity index is 2.77. The van der Waals surface area contributed by atoms with Gasteiger partial charge in [0.15, 0.2) is 0 Å². The molecule has 0 amide bonds. The molecule has 122 valence electrons. The number of hydrogen-bond acceptors (Lipinski definition) is 5. The summed E-state index contributed by atoms with van der Waals surface area (Å²) in [4.78, 5) is 0.161. The largest absolute Gasteiger partial charge is 0.385 e. The van der Waals surface area contributed by atoms with Gasteiger partial charge >= 0.3 is 0 Å². The van der Waals surface area contributed by atoms with Gasteiger partial charge in [-0.2, -0.15) is 5.10 Å². The molecule has 0 N–H and O–H groups in total. The highest BCUT2D eigenvalue weighted by atomic mass is 35.7. The number of aromatic nitrogens is 2. The van der Waals surface area contributed by atoms with Crippen LogP contribution in [0.2, 0.25) is 0 Å². The van der Waals surface area contributed by atoms with Gasteiger partial charge in [0.25, 0.3) is 9.05 Å². The quantitative estimate of drug-likeness (QED) is 0.482. The molecule has 8 heteroatoms. The van der Waals surface area contributed by atoms with Crippen molar-refractivity contribution in [1.82, 2.24) is 9.78 Å². The van der Waals surface area contributed by atoms with Gasteiger partial charge in [0, 0.05) is 31.0 Å². The second kappa shape index (κ2) is 8.73. The third-order valence-electron chi connectivity index (χ3n) is 3.08. The fraction of sp³-hybridized carbons (Fsp3) is 0.769. The Labute approximate surface area is 130 Å². The van der Waals surface area contributed by atoms with Crippen LogP contribution >= 0.6 is 10.7 Å². The van der Waals surface area contributed by atoms with Crippen LogP contribution in [0, 0.1) is 0 Å². The average Bonchev–Trinajstić information content (AvgIpc) is 2.80. The van der Waals surface area contributed by atoms with Gasteiger partial charge in [-0.25, -0.2) is 8.42 Å². The van der Waals surface area contributed by atoms with Gasteiger partial charge in [-0.05, 0) is 19.3 Å². The highest BCUT2D eigenvalue weighted by Gasteiger charge is 2.25. The fourth-order valence-electron chi connectivity index (χ4n) is 2.13. The average molecular weight is 339 g/mol. The van der Waals surface area contributed by atoms with E-state index in [0.29, 0.717) is 50.6 Å². The topological polar surface area (TPSA) is 70.4 Å². The maximum atomic E-state index is 11.7. The summed E-state index contributed by atoms with van der Waals surface area (Å²) in [7, 11) is 3.40. The van der Waals surface area contributed by atoms with Crippen molar-refractivity contribution in [2.24, 2.45) is 0 Å². The molecule has 0 fully saturated rings. The second-order valence-corrected chi connectivity index (χ2v) is 7.05. The van der Waals surface area contributed by atoms with E-state index in [1.165, 1.54) is 0 Å². The van der Waals surface area contributed by atoms with Crippen LogP contribution in [0.1, 0.15) is 31.7 Å². The second-order valence-electron chi connectivity index (χ2n) is 4.55. The van der Waals surface area contributed by atoms with E-state index in [2.05, 4.69) is 5.10 Å². The summed E-state index contributed by atoms with van der Waals surface area (Å²) in [6.07, 6.45) is 1.91. The lowest BCUT2D eigenvalue weighted by molar-refractivity contribution is 0.0956. The molecule has 0 atom stereocenters. The number of rotatable bonds is 10. The maximum Gasteiger partial charge on any atom is 0.264 e. The zero-order valence-electron chi connectivity index (χ0n) is 12.8. The van der Waals surface area contributed by atoms with E-state index in [1.807, 2.05) is 13.8 Å². The molecule has 0 aromatic carbocycles. The Morgan fingerprint density at radius 3 is 2.43 bits per heavy atom. The number of ether oxygens (including phenoxy) is 2. The number of aryl methyl sites for hydroxylation is 1. The van der Waals surface area contributed by atoms with Gasteiger partial charge < -0.3 is 9.47 Å². The third kappa shape index (κ3) is 5.25. The van der Waals surface area contributed by atoms with Gasteiger partial charge in [0.1, 0.15) is 4.90 Å². The van der Waals surface area contributed by atoms with Gasteiger partial charge in [-0.15, -0.1) is 0 Å². The van der Waals surface area contributed by atoms with E-state index in [4.69, 9.17) is 20.2 Å². The number of methoxy groups -OCH3 is 1. The smallest absolute Gasteiger partial charge is 0.264 e. The van der Waals surface area contributed by atoms with Crippen molar-refractivity contribution >= 4 is 19.7 Å². The van der Waals surface area contributed by atoms with Crippen LogP contribution in [0.25, 0.3) is 0 Å². The van der Waals surface area contributed by atoms with Crippen LogP contribution in [0.5, 0.6) is 0 Å². The molecule has 21 heavy (non-hydrogen) atoms. The minimum absolute atomic E-state index is 0.161. The molecular weight excluding hydrogens is 316 g/mol. The van der Waals surface area contributed by atoms with Crippen LogP contribution in [0.3, 0.4) is 0 Å². The zero-order chi connectivity index (χ0) is 15.9. The van der Waals surface area contributed by atoms with Crippen LogP contribution < -0.4 is 0 Å². The van der Waals surface area contributed by atoms with Gasteiger partial charge in [0.05, 0.1) is 24.5 Å². The molecule has 1 heterocycles. The molecule has 0 saturated heterocycles. The van der Waals surface area contributed by atoms with E-state index < -0.39 is 9.05 Å². The molecule has 0 radical (unpaired) electrons. The summed E-state index contributed by atoms with van der Waals surface area (Å²) in [5.74, 6) is 0. The summed E-state index contributed by atoms with van der Waals surface area (Å²) in [5, 5.41) is 4.35. The lowest BCUT2D eigenvalue weighted by atomic mass is 10.2. The van der Waals surface area contributed by atoms with Crippen molar-refractivity contribution < 1.29 is 17.9 Å². The number of halogens is 1. The van der Waals surface area contributed by atoms with Crippen LogP contribution in [0.4, 0.5) is 0 Å². The van der Waals surface area contributed by atoms with Gasteiger partial charge in [-0.3, -0.25) is 4.68 Å².